The van der Waals surface area contributed by atoms with E-state index < -0.39 is 0 Å². The highest BCUT2D eigenvalue weighted by Crippen LogP contribution is 2.43. The van der Waals surface area contributed by atoms with E-state index in [1.807, 2.05) is 42.5 Å². The number of para-hydroxylation sites is 1. The predicted molar refractivity (Wildman–Crippen MR) is 75.8 cm³/mol. The molecule has 0 spiro atoms. The van der Waals surface area contributed by atoms with Gasteiger partial charge in [0.05, 0.1) is 27.0 Å². The Balaban J connectivity index is 2.40. The monoisotopic (exact) mass is 259 g/mol. The van der Waals surface area contributed by atoms with E-state index in [2.05, 4.69) is 5.32 Å². The van der Waals surface area contributed by atoms with E-state index in [1.54, 1.807) is 21.3 Å². The molecule has 2 rings (SSSR count). The summed E-state index contributed by atoms with van der Waals surface area (Å²) < 4.78 is 16.0. The number of hydrogen-bond donors (Lipinski definition) is 1. The van der Waals surface area contributed by atoms with Crippen LogP contribution in [-0.2, 0) is 0 Å². The van der Waals surface area contributed by atoms with Crippen LogP contribution in [0.5, 0.6) is 17.2 Å². The standard InChI is InChI=1S/C15H17NO3/c1-17-13-10-9-12(14(18-2)15(13)19-3)16-11-7-5-4-6-8-11/h4-10,16H,1-3H3. The molecule has 1 N–H and O–H groups in total. The van der Waals surface area contributed by atoms with Crippen LogP contribution in [0, 0.1) is 0 Å². The second-order valence-corrected chi connectivity index (χ2v) is 3.87. The number of benzene rings is 2. The summed E-state index contributed by atoms with van der Waals surface area (Å²) in [5.74, 6) is 1.83. The number of ether oxygens (including phenoxy) is 3. The Morgan fingerprint density at radius 3 is 2.00 bits per heavy atom. The van der Waals surface area contributed by atoms with Gasteiger partial charge in [-0.1, -0.05) is 18.2 Å². The van der Waals surface area contributed by atoms with Crippen molar-refractivity contribution in [1.82, 2.24) is 0 Å². The first-order valence-electron chi connectivity index (χ1n) is 5.91. The Morgan fingerprint density at radius 2 is 1.42 bits per heavy atom. The second kappa shape index (κ2) is 6.00. The molecule has 4 heteroatoms. The third-order valence-electron chi connectivity index (χ3n) is 2.76. The Bertz CT molecular complexity index is 541. The SMILES string of the molecule is COc1ccc(Nc2ccccc2)c(OC)c1OC. The molecule has 2 aromatic carbocycles. The van der Waals surface area contributed by atoms with Gasteiger partial charge in [-0.2, -0.15) is 0 Å². The van der Waals surface area contributed by atoms with E-state index >= 15 is 0 Å². The van der Waals surface area contributed by atoms with Gasteiger partial charge in [0, 0.05) is 5.69 Å². The zero-order valence-electron chi connectivity index (χ0n) is 11.3. The molecule has 0 saturated heterocycles. The molecule has 0 amide bonds. The van der Waals surface area contributed by atoms with Crippen molar-refractivity contribution in [2.75, 3.05) is 26.6 Å². The van der Waals surface area contributed by atoms with Crippen molar-refractivity contribution < 1.29 is 14.2 Å². The molecule has 19 heavy (non-hydrogen) atoms. The Labute approximate surface area is 112 Å². The van der Waals surface area contributed by atoms with Crippen LogP contribution < -0.4 is 19.5 Å². The third-order valence-corrected chi connectivity index (χ3v) is 2.76. The molecule has 0 saturated carbocycles. The quantitative estimate of drug-likeness (QED) is 0.892. The summed E-state index contributed by atoms with van der Waals surface area (Å²) in [7, 11) is 4.79. The highest BCUT2D eigenvalue weighted by atomic mass is 16.5. The van der Waals surface area contributed by atoms with Crippen molar-refractivity contribution >= 4 is 11.4 Å². The lowest BCUT2D eigenvalue weighted by atomic mass is 10.2. The molecule has 0 atom stereocenters. The summed E-state index contributed by atoms with van der Waals surface area (Å²) in [6.45, 7) is 0. The lowest BCUT2D eigenvalue weighted by molar-refractivity contribution is 0.325. The number of rotatable bonds is 5. The molecular weight excluding hydrogens is 242 g/mol. The maximum absolute atomic E-state index is 5.41. The van der Waals surface area contributed by atoms with Crippen molar-refractivity contribution in [3.8, 4) is 17.2 Å². The maximum Gasteiger partial charge on any atom is 0.205 e. The molecule has 2 aromatic rings. The number of nitrogens with one attached hydrogen (secondary N) is 1. The zero-order valence-corrected chi connectivity index (χ0v) is 11.3. The fraction of sp³-hybridized carbons (Fsp3) is 0.200. The molecule has 0 heterocycles. The highest BCUT2D eigenvalue weighted by Gasteiger charge is 2.15. The molecule has 0 aliphatic heterocycles. The summed E-state index contributed by atoms with van der Waals surface area (Å²) in [5, 5.41) is 3.29. The van der Waals surface area contributed by atoms with Gasteiger partial charge in [-0.3, -0.25) is 0 Å². The van der Waals surface area contributed by atoms with Gasteiger partial charge in [-0.15, -0.1) is 0 Å². The van der Waals surface area contributed by atoms with Gasteiger partial charge in [0.2, 0.25) is 5.75 Å². The van der Waals surface area contributed by atoms with Crippen molar-refractivity contribution in [2.45, 2.75) is 0 Å². The largest absolute Gasteiger partial charge is 0.493 e. The molecule has 100 valence electrons. The third kappa shape index (κ3) is 2.73. The fourth-order valence-corrected chi connectivity index (χ4v) is 1.88. The van der Waals surface area contributed by atoms with E-state index in [4.69, 9.17) is 14.2 Å². The van der Waals surface area contributed by atoms with Gasteiger partial charge in [0.15, 0.2) is 11.5 Å². The molecular formula is C15H17NO3. The van der Waals surface area contributed by atoms with E-state index in [9.17, 15) is 0 Å². The van der Waals surface area contributed by atoms with Gasteiger partial charge in [-0.05, 0) is 24.3 Å². The van der Waals surface area contributed by atoms with E-state index in [0.29, 0.717) is 17.2 Å². The van der Waals surface area contributed by atoms with Crippen LogP contribution in [0.2, 0.25) is 0 Å². The van der Waals surface area contributed by atoms with Crippen molar-refractivity contribution in [3.05, 3.63) is 42.5 Å². The van der Waals surface area contributed by atoms with Crippen molar-refractivity contribution in [2.24, 2.45) is 0 Å². The maximum atomic E-state index is 5.41. The minimum Gasteiger partial charge on any atom is -0.493 e. The molecule has 0 radical (unpaired) electrons. The predicted octanol–water partition coefficient (Wildman–Crippen LogP) is 3.46. The lowest BCUT2D eigenvalue weighted by Gasteiger charge is -2.16. The molecule has 0 aliphatic rings. The van der Waals surface area contributed by atoms with Gasteiger partial charge in [0.25, 0.3) is 0 Å². The lowest BCUT2D eigenvalue weighted by Crippen LogP contribution is -1.99. The number of methoxy groups -OCH3 is 3. The van der Waals surface area contributed by atoms with Gasteiger partial charge >= 0.3 is 0 Å². The molecule has 0 bridgehead atoms. The van der Waals surface area contributed by atoms with E-state index in [1.165, 1.54) is 0 Å². The smallest absolute Gasteiger partial charge is 0.205 e. The number of hydrogen-bond acceptors (Lipinski definition) is 4. The second-order valence-electron chi connectivity index (χ2n) is 3.87. The van der Waals surface area contributed by atoms with E-state index in [-0.39, 0.29) is 0 Å². The average molecular weight is 259 g/mol. The fourth-order valence-electron chi connectivity index (χ4n) is 1.88. The topological polar surface area (TPSA) is 39.7 Å². The minimum absolute atomic E-state index is 0.575. The van der Waals surface area contributed by atoms with Crippen LogP contribution >= 0.6 is 0 Å². The summed E-state index contributed by atoms with van der Waals surface area (Å²) in [6.07, 6.45) is 0. The first-order chi connectivity index (χ1) is 9.30. The Hall–Kier alpha value is -2.36. The van der Waals surface area contributed by atoms with Crippen LogP contribution in [0.1, 0.15) is 0 Å². The van der Waals surface area contributed by atoms with Crippen molar-refractivity contribution in [1.29, 1.82) is 0 Å². The van der Waals surface area contributed by atoms with Crippen LogP contribution in [0.3, 0.4) is 0 Å². The van der Waals surface area contributed by atoms with Crippen LogP contribution in [0.25, 0.3) is 0 Å². The summed E-state index contributed by atoms with van der Waals surface area (Å²) in [6, 6.07) is 13.6. The molecule has 0 aliphatic carbocycles. The normalized spacial score (nSPS) is 9.84. The zero-order chi connectivity index (χ0) is 13.7. The Morgan fingerprint density at radius 1 is 0.737 bits per heavy atom. The number of anilines is 2. The molecule has 4 nitrogen and oxygen atoms in total. The molecule has 0 unspecified atom stereocenters. The summed E-state index contributed by atoms with van der Waals surface area (Å²) >= 11 is 0. The van der Waals surface area contributed by atoms with Crippen LogP contribution in [0.15, 0.2) is 42.5 Å². The minimum atomic E-state index is 0.575. The summed E-state index contributed by atoms with van der Waals surface area (Å²) in [4.78, 5) is 0. The van der Waals surface area contributed by atoms with Gasteiger partial charge in [-0.25, -0.2) is 0 Å². The molecule has 0 fully saturated rings. The van der Waals surface area contributed by atoms with Crippen LogP contribution in [-0.4, -0.2) is 21.3 Å². The highest BCUT2D eigenvalue weighted by molar-refractivity contribution is 5.73. The van der Waals surface area contributed by atoms with Crippen LogP contribution in [0.4, 0.5) is 11.4 Å². The van der Waals surface area contributed by atoms with Gasteiger partial charge < -0.3 is 19.5 Å². The first kappa shape index (κ1) is 13.1. The van der Waals surface area contributed by atoms with E-state index in [0.717, 1.165) is 11.4 Å². The van der Waals surface area contributed by atoms with Crippen molar-refractivity contribution in [3.63, 3.8) is 0 Å². The average Bonchev–Trinajstić information content (AvgIpc) is 2.47. The summed E-state index contributed by atoms with van der Waals surface area (Å²) in [5.41, 5.74) is 1.80. The molecule has 0 aromatic heterocycles. The first-order valence-corrected chi connectivity index (χ1v) is 5.91. The van der Waals surface area contributed by atoms with Gasteiger partial charge in [0.1, 0.15) is 0 Å². The Kier molecular flexibility index (Phi) is 4.13.